The average Bonchev–Trinajstić information content (AvgIpc) is 2.62. The lowest BCUT2D eigenvalue weighted by molar-refractivity contribution is 0.321. The molecule has 0 fully saturated rings. The molecule has 0 bridgehead atoms. The first kappa shape index (κ1) is 12.1. The van der Waals surface area contributed by atoms with Gasteiger partial charge in [-0.25, -0.2) is 4.98 Å². The summed E-state index contributed by atoms with van der Waals surface area (Å²) in [5, 5.41) is 0. The highest BCUT2D eigenvalue weighted by Crippen LogP contribution is 2.22. The number of fused-ring (bicyclic) bond motifs is 1. The van der Waals surface area contributed by atoms with E-state index < -0.39 is 0 Å². The van der Waals surface area contributed by atoms with Crippen molar-refractivity contribution >= 4 is 11.0 Å². The molecule has 0 saturated carbocycles. The van der Waals surface area contributed by atoms with Crippen LogP contribution in [0.25, 0.3) is 11.0 Å². The van der Waals surface area contributed by atoms with Gasteiger partial charge < -0.3 is 10.3 Å². The van der Waals surface area contributed by atoms with Gasteiger partial charge in [-0.05, 0) is 49.1 Å². The predicted molar refractivity (Wildman–Crippen MR) is 72.0 cm³/mol. The number of imidazole rings is 1. The van der Waals surface area contributed by atoms with Crippen LogP contribution in [-0.4, -0.2) is 16.1 Å². The molecule has 92 valence electrons. The third-order valence-electron chi connectivity index (χ3n) is 3.39. The molecule has 3 heteroatoms. The van der Waals surface area contributed by atoms with Crippen LogP contribution in [0.3, 0.4) is 0 Å². The summed E-state index contributed by atoms with van der Waals surface area (Å²) in [6, 6.07) is 4.36. The van der Waals surface area contributed by atoms with Crippen LogP contribution in [0, 0.1) is 19.3 Å². The van der Waals surface area contributed by atoms with Gasteiger partial charge in [-0.2, -0.15) is 0 Å². The molecule has 1 aromatic heterocycles. The highest BCUT2D eigenvalue weighted by atomic mass is 15.1. The Morgan fingerprint density at radius 3 is 2.53 bits per heavy atom. The monoisotopic (exact) mass is 231 g/mol. The van der Waals surface area contributed by atoms with Crippen LogP contribution >= 0.6 is 0 Å². The standard InChI is InChI=1S/C14H21N3/c1-10-5-12-13(6-11(10)2)17(9-16-12)8-14(3,4)7-15/h5-6,9H,7-8,15H2,1-4H3. The van der Waals surface area contributed by atoms with E-state index in [1.807, 2.05) is 6.33 Å². The summed E-state index contributed by atoms with van der Waals surface area (Å²) < 4.78 is 2.20. The van der Waals surface area contributed by atoms with Crippen molar-refractivity contribution in [2.75, 3.05) is 6.54 Å². The molecule has 0 radical (unpaired) electrons. The number of hydrogen-bond donors (Lipinski definition) is 1. The topological polar surface area (TPSA) is 43.8 Å². The van der Waals surface area contributed by atoms with Gasteiger partial charge in [0.1, 0.15) is 0 Å². The van der Waals surface area contributed by atoms with Crippen molar-refractivity contribution in [2.24, 2.45) is 11.1 Å². The minimum Gasteiger partial charge on any atom is -0.330 e. The van der Waals surface area contributed by atoms with Gasteiger partial charge in [0.25, 0.3) is 0 Å². The Morgan fingerprint density at radius 1 is 1.24 bits per heavy atom. The summed E-state index contributed by atoms with van der Waals surface area (Å²) in [4.78, 5) is 4.46. The number of nitrogens with zero attached hydrogens (tertiary/aromatic N) is 2. The Bertz CT molecular complexity index is 538. The second-order valence-corrected chi connectivity index (χ2v) is 5.67. The first-order valence-corrected chi connectivity index (χ1v) is 6.05. The molecule has 0 saturated heterocycles. The molecule has 0 unspecified atom stereocenters. The van der Waals surface area contributed by atoms with Crippen molar-refractivity contribution in [2.45, 2.75) is 34.2 Å². The van der Waals surface area contributed by atoms with Gasteiger partial charge in [-0.1, -0.05) is 13.8 Å². The second-order valence-electron chi connectivity index (χ2n) is 5.67. The van der Waals surface area contributed by atoms with E-state index in [-0.39, 0.29) is 5.41 Å². The highest BCUT2D eigenvalue weighted by molar-refractivity contribution is 5.77. The van der Waals surface area contributed by atoms with Crippen LogP contribution < -0.4 is 5.73 Å². The molecule has 2 rings (SSSR count). The van der Waals surface area contributed by atoms with Crippen LogP contribution in [0.15, 0.2) is 18.5 Å². The molecule has 17 heavy (non-hydrogen) atoms. The van der Waals surface area contributed by atoms with E-state index in [1.54, 1.807) is 0 Å². The first-order chi connectivity index (χ1) is 7.93. The molecule has 3 nitrogen and oxygen atoms in total. The van der Waals surface area contributed by atoms with Gasteiger partial charge in [0.15, 0.2) is 0 Å². The maximum Gasteiger partial charge on any atom is 0.0958 e. The van der Waals surface area contributed by atoms with Gasteiger partial charge in [0, 0.05) is 6.54 Å². The van der Waals surface area contributed by atoms with Crippen molar-refractivity contribution in [3.05, 3.63) is 29.6 Å². The predicted octanol–water partition coefficient (Wildman–Crippen LogP) is 2.64. The fourth-order valence-electron chi connectivity index (χ4n) is 1.96. The molecular formula is C14H21N3. The Labute approximate surface area is 103 Å². The van der Waals surface area contributed by atoms with Crippen molar-refractivity contribution in [1.29, 1.82) is 0 Å². The van der Waals surface area contributed by atoms with Crippen molar-refractivity contribution in [1.82, 2.24) is 9.55 Å². The van der Waals surface area contributed by atoms with E-state index in [0.717, 1.165) is 12.1 Å². The lowest BCUT2D eigenvalue weighted by Gasteiger charge is -2.23. The number of rotatable bonds is 3. The van der Waals surface area contributed by atoms with Gasteiger partial charge in [-0.15, -0.1) is 0 Å². The van der Waals surface area contributed by atoms with Gasteiger partial charge >= 0.3 is 0 Å². The van der Waals surface area contributed by atoms with Gasteiger partial charge in [0.05, 0.1) is 17.4 Å². The van der Waals surface area contributed by atoms with Crippen molar-refractivity contribution in [3.63, 3.8) is 0 Å². The molecule has 0 amide bonds. The van der Waals surface area contributed by atoms with Crippen LogP contribution in [-0.2, 0) is 6.54 Å². The minimum atomic E-state index is 0.104. The van der Waals surface area contributed by atoms with Crippen LogP contribution in [0.2, 0.25) is 0 Å². The molecule has 2 N–H and O–H groups in total. The molecule has 2 aromatic rings. The molecular weight excluding hydrogens is 210 g/mol. The molecule has 0 aliphatic heterocycles. The van der Waals surface area contributed by atoms with E-state index in [9.17, 15) is 0 Å². The van der Waals surface area contributed by atoms with E-state index in [0.29, 0.717) is 6.54 Å². The second kappa shape index (κ2) is 4.15. The third-order valence-corrected chi connectivity index (χ3v) is 3.39. The zero-order valence-corrected chi connectivity index (χ0v) is 11.1. The summed E-state index contributed by atoms with van der Waals surface area (Å²) in [7, 11) is 0. The molecule has 0 aliphatic carbocycles. The largest absolute Gasteiger partial charge is 0.330 e. The molecule has 0 spiro atoms. The van der Waals surface area contributed by atoms with Crippen LogP contribution in [0.4, 0.5) is 0 Å². The molecule has 1 aromatic carbocycles. The zero-order valence-electron chi connectivity index (χ0n) is 11.1. The smallest absolute Gasteiger partial charge is 0.0958 e. The summed E-state index contributed by atoms with van der Waals surface area (Å²) in [6.45, 7) is 10.2. The molecule has 0 atom stereocenters. The fourth-order valence-corrected chi connectivity index (χ4v) is 1.96. The van der Waals surface area contributed by atoms with Crippen LogP contribution in [0.1, 0.15) is 25.0 Å². The minimum absolute atomic E-state index is 0.104. The SMILES string of the molecule is Cc1cc2ncn(CC(C)(C)CN)c2cc1C. The molecule has 1 heterocycles. The fraction of sp³-hybridized carbons (Fsp3) is 0.500. The number of nitrogens with two attached hydrogens (primary N) is 1. The van der Waals surface area contributed by atoms with E-state index in [4.69, 9.17) is 5.73 Å². The first-order valence-electron chi connectivity index (χ1n) is 6.05. The maximum atomic E-state index is 5.79. The van der Waals surface area contributed by atoms with Gasteiger partial charge in [0.2, 0.25) is 0 Å². The number of aryl methyl sites for hydroxylation is 2. The van der Waals surface area contributed by atoms with Crippen molar-refractivity contribution in [3.8, 4) is 0 Å². The van der Waals surface area contributed by atoms with E-state index in [1.165, 1.54) is 16.6 Å². The van der Waals surface area contributed by atoms with Crippen molar-refractivity contribution < 1.29 is 0 Å². The van der Waals surface area contributed by atoms with Gasteiger partial charge in [-0.3, -0.25) is 0 Å². The Balaban J connectivity index is 2.46. The normalized spacial score (nSPS) is 12.3. The highest BCUT2D eigenvalue weighted by Gasteiger charge is 2.17. The number of hydrogen-bond acceptors (Lipinski definition) is 2. The van der Waals surface area contributed by atoms with E-state index >= 15 is 0 Å². The van der Waals surface area contributed by atoms with E-state index in [2.05, 4.69) is 49.4 Å². The Morgan fingerprint density at radius 2 is 1.88 bits per heavy atom. The summed E-state index contributed by atoms with van der Waals surface area (Å²) in [5.41, 5.74) is 10.8. The van der Waals surface area contributed by atoms with Crippen LogP contribution in [0.5, 0.6) is 0 Å². The zero-order chi connectivity index (χ0) is 12.6. The molecule has 0 aliphatic rings. The average molecular weight is 231 g/mol. The lowest BCUT2D eigenvalue weighted by atomic mass is 9.94. The Kier molecular flexibility index (Phi) is 2.96. The quantitative estimate of drug-likeness (QED) is 0.882. The summed E-state index contributed by atoms with van der Waals surface area (Å²) in [5.74, 6) is 0. The summed E-state index contributed by atoms with van der Waals surface area (Å²) >= 11 is 0. The maximum absolute atomic E-state index is 5.79. The lowest BCUT2D eigenvalue weighted by Crippen LogP contribution is -2.28. The summed E-state index contributed by atoms with van der Waals surface area (Å²) in [6.07, 6.45) is 1.92. The number of aromatic nitrogens is 2. The third kappa shape index (κ3) is 2.34. The number of benzene rings is 1. The Hall–Kier alpha value is -1.35.